The lowest BCUT2D eigenvalue weighted by molar-refractivity contribution is -0.122. The number of urea groups is 1. The van der Waals surface area contributed by atoms with Gasteiger partial charge in [0.1, 0.15) is 18.0 Å². The molecule has 57 heavy (non-hydrogen) atoms. The van der Waals surface area contributed by atoms with Crippen LogP contribution in [0.5, 0.6) is 0 Å². The highest BCUT2D eigenvalue weighted by molar-refractivity contribution is 5.84. The van der Waals surface area contributed by atoms with Crippen LogP contribution in [0, 0.1) is 0 Å². The van der Waals surface area contributed by atoms with Gasteiger partial charge in [0.15, 0.2) is 17.0 Å². The summed E-state index contributed by atoms with van der Waals surface area (Å²) in [6, 6.07) is 25.3. The average molecular weight is 774 g/mol. The van der Waals surface area contributed by atoms with Crippen molar-refractivity contribution in [3.63, 3.8) is 0 Å². The van der Waals surface area contributed by atoms with Gasteiger partial charge in [-0.2, -0.15) is 9.97 Å². The normalized spacial score (nSPS) is 22.6. The third-order valence-electron chi connectivity index (χ3n) is 11.6. The van der Waals surface area contributed by atoms with Crippen LogP contribution >= 0.6 is 0 Å². The van der Waals surface area contributed by atoms with Crippen molar-refractivity contribution in [1.29, 1.82) is 0 Å². The number of benzene rings is 2. The molecule has 6 N–H and O–H groups in total. The zero-order chi connectivity index (χ0) is 39.3. The smallest absolute Gasteiger partial charge is 0.317 e. The summed E-state index contributed by atoms with van der Waals surface area (Å²) in [7, 11) is 0. The Hall–Kier alpha value is -5.80. The van der Waals surface area contributed by atoms with Crippen molar-refractivity contribution < 1.29 is 19.8 Å². The number of fused-ring (bicyclic) bond motifs is 1. The number of amides is 3. The molecule has 3 aromatic heterocycles. The van der Waals surface area contributed by atoms with Crippen LogP contribution in [-0.4, -0.2) is 115 Å². The van der Waals surface area contributed by atoms with Gasteiger partial charge in [0.2, 0.25) is 11.9 Å². The van der Waals surface area contributed by atoms with E-state index in [0.29, 0.717) is 55.4 Å². The quantitative estimate of drug-likeness (QED) is 0.108. The van der Waals surface area contributed by atoms with E-state index in [4.69, 9.17) is 15.0 Å². The van der Waals surface area contributed by atoms with Crippen molar-refractivity contribution in [1.82, 2.24) is 40.0 Å². The van der Waals surface area contributed by atoms with Gasteiger partial charge in [-0.25, -0.2) is 14.8 Å². The Kier molecular flexibility index (Phi) is 11.5. The number of aromatic nitrogens is 5. The van der Waals surface area contributed by atoms with E-state index >= 15 is 0 Å². The molecule has 15 nitrogen and oxygen atoms in total. The molecule has 1 saturated carbocycles. The first kappa shape index (κ1) is 38.1. The molecule has 5 atom stereocenters. The second kappa shape index (κ2) is 17.1. The van der Waals surface area contributed by atoms with E-state index in [-0.39, 0.29) is 36.4 Å². The standard InChI is InChI=1S/C42H51N11O4/c1-2-35(54)48-32-23-33(38(56)37(32)55)53-26-45-36-39(44-24-31(27-11-5-3-6-12-27)28-13-7-4-8-14-28)49-41(50-40(36)53)46-30-18-22-52(25-30)42(57)47-29-16-20-51(21-17-29)34-15-9-10-19-43-34/h3-15,19,26,29-33,37-38,55-56H,2,16-18,20-25H2,1H3,(H,47,57)(H,48,54)(H2,44,46,49,50)/t30-,32+,33-,37?,38?/m1/s1. The third kappa shape index (κ3) is 8.49. The summed E-state index contributed by atoms with van der Waals surface area (Å²) in [5.74, 6) is 1.66. The number of hydrogen-bond donors (Lipinski definition) is 6. The lowest BCUT2D eigenvalue weighted by Crippen LogP contribution is -2.49. The number of carbonyl (C=O) groups excluding carboxylic acids is 2. The Morgan fingerprint density at radius 3 is 2.21 bits per heavy atom. The van der Waals surface area contributed by atoms with E-state index in [1.165, 1.54) is 0 Å². The van der Waals surface area contributed by atoms with E-state index in [1.807, 2.05) is 59.5 Å². The Balaban J connectivity index is 1.00. The summed E-state index contributed by atoms with van der Waals surface area (Å²) in [4.78, 5) is 48.9. The van der Waals surface area contributed by atoms with Gasteiger partial charge >= 0.3 is 6.03 Å². The topological polar surface area (TPSA) is 186 Å². The van der Waals surface area contributed by atoms with Crippen molar-refractivity contribution in [3.8, 4) is 0 Å². The first-order chi connectivity index (χ1) is 27.8. The number of aliphatic hydroxyl groups excluding tert-OH is 2. The zero-order valence-electron chi connectivity index (χ0n) is 32.1. The third-order valence-corrected chi connectivity index (χ3v) is 11.6. The van der Waals surface area contributed by atoms with E-state index in [1.54, 1.807) is 24.0 Å². The Morgan fingerprint density at radius 2 is 1.53 bits per heavy atom. The highest BCUT2D eigenvalue weighted by Crippen LogP contribution is 2.35. The molecular formula is C42H51N11O4. The minimum absolute atomic E-state index is 0.00907. The van der Waals surface area contributed by atoms with Gasteiger partial charge < -0.3 is 45.8 Å². The number of likely N-dealkylation sites (tertiary alicyclic amines) is 1. The fourth-order valence-electron chi connectivity index (χ4n) is 8.39. The minimum Gasteiger partial charge on any atom is -0.388 e. The Bertz CT molecular complexity index is 2070. The maximum Gasteiger partial charge on any atom is 0.317 e. The molecule has 298 valence electrons. The number of nitrogens with one attached hydrogen (secondary N) is 4. The molecule has 0 bridgehead atoms. The molecule has 8 rings (SSSR count). The summed E-state index contributed by atoms with van der Waals surface area (Å²) >= 11 is 0. The Labute approximate surface area is 331 Å². The van der Waals surface area contributed by atoms with E-state index in [9.17, 15) is 19.8 Å². The molecule has 3 amide bonds. The summed E-state index contributed by atoms with van der Waals surface area (Å²) in [6.07, 6.45) is 4.10. The van der Waals surface area contributed by atoms with Gasteiger partial charge in [-0.1, -0.05) is 73.7 Å². The molecular weight excluding hydrogens is 723 g/mol. The number of pyridine rings is 1. The van der Waals surface area contributed by atoms with Crippen molar-refractivity contribution in [2.24, 2.45) is 0 Å². The molecule has 2 saturated heterocycles. The van der Waals surface area contributed by atoms with Gasteiger partial charge in [-0.3, -0.25) is 4.79 Å². The minimum atomic E-state index is -1.16. The van der Waals surface area contributed by atoms with Crippen molar-refractivity contribution in [2.45, 2.75) is 81.3 Å². The number of hydrogen-bond acceptors (Lipinski definition) is 11. The van der Waals surface area contributed by atoms with Gasteiger partial charge in [-0.05, 0) is 48.9 Å². The van der Waals surface area contributed by atoms with Crippen LogP contribution in [0.3, 0.4) is 0 Å². The average Bonchev–Trinajstić information content (AvgIpc) is 3.97. The Morgan fingerprint density at radius 1 is 0.825 bits per heavy atom. The molecule has 5 aromatic rings. The van der Waals surface area contributed by atoms with Crippen LogP contribution in [0.4, 0.5) is 22.4 Å². The fourth-order valence-corrected chi connectivity index (χ4v) is 8.39. The van der Waals surface area contributed by atoms with E-state index in [0.717, 1.165) is 42.9 Å². The molecule has 0 radical (unpaired) electrons. The number of nitrogens with zero attached hydrogens (tertiary/aromatic N) is 7. The second-order valence-electron chi connectivity index (χ2n) is 15.3. The first-order valence-corrected chi connectivity index (χ1v) is 20.1. The maximum atomic E-state index is 13.4. The molecule has 2 aliphatic heterocycles. The predicted octanol–water partition coefficient (Wildman–Crippen LogP) is 3.89. The van der Waals surface area contributed by atoms with Crippen molar-refractivity contribution in [2.75, 3.05) is 48.3 Å². The number of piperidine rings is 1. The van der Waals surface area contributed by atoms with Crippen LogP contribution in [0.15, 0.2) is 91.4 Å². The number of aliphatic hydroxyl groups is 2. The van der Waals surface area contributed by atoms with Crippen LogP contribution < -0.4 is 26.2 Å². The maximum absolute atomic E-state index is 13.4. The molecule has 2 aromatic carbocycles. The van der Waals surface area contributed by atoms with E-state index < -0.39 is 24.3 Å². The summed E-state index contributed by atoms with van der Waals surface area (Å²) in [5.41, 5.74) is 3.30. The van der Waals surface area contributed by atoms with Crippen molar-refractivity contribution in [3.05, 3.63) is 103 Å². The zero-order valence-corrected chi connectivity index (χ0v) is 32.1. The van der Waals surface area contributed by atoms with Crippen LogP contribution in [0.1, 0.15) is 62.1 Å². The fraction of sp³-hybridized carbons (Fsp3) is 0.429. The van der Waals surface area contributed by atoms with Crippen molar-refractivity contribution >= 4 is 40.7 Å². The number of rotatable bonds is 12. The molecule has 3 aliphatic rings. The number of anilines is 3. The molecule has 0 spiro atoms. The SMILES string of the molecule is CCC(=O)N[C@H]1C[C@@H](n2cnc3c(NCC(c4ccccc4)c4ccccc4)nc(N[C@@H]4CCN(C(=O)NC5CCN(c6ccccn6)CC5)C4)nc32)C(O)C1O. The molecule has 15 heteroatoms. The number of carbonyl (C=O) groups is 2. The van der Waals surface area contributed by atoms with Gasteiger partial charge in [0.25, 0.3) is 0 Å². The van der Waals surface area contributed by atoms with Crippen LogP contribution in [0.2, 0.25) is 0 Å². The van der Waals surface area contributed by atoms with Gasteiger partial charge in [0, 0.05) is 63.3 Å². The first-order valence-electron chi connectivity index (χ1n) is 20.1. The van der Waals surface area contributed by atoms with Gasteiger partial charge in [-0.15, -0.1) is 0 Å². The number of imidazole rings is 1. The predicted molar refractivity (Wildman–Crippen MR) is 218 cm³/mol. The summed E-state index contributed by atoms with van der Waals surface area (Å²) < 4.78 is 1.78. The summed E-state index contributed by atoms with van der Waals surface area (Å²) in [5, 5.41) is 35.4. The van der Waals surface area contributed by atoms with E-state index in [2.05, 4.69) is 55.4 Å². The lowest BCUT2D eigenvalue weighted by atomic mass is 9.91. The van der Waals surface area contributed by atoms with Crippen LogP contribution in [-0.2, 0) is 4.79 Å². The highest BCUT2D eigenvalue weighted by atomic mass is 16.3. The molecule has 2 unspecified atom stereocenters. The lowest BCUT2D eigenvalue weighted by Gasteiger charge is -2.33. The second-order valence-corrected chi connectivity index (χ2v) is 15.3. The van der Waals surface area contributed by atoms with Gasteiger partial charge in [0.05, 0.1) is 18.4 Å². The monoisotopic (exact) mass is 773 g/mol. The largest absolute Gasteiger partial charge is 0.388 e. The van der Waals surface area contributed by atoms with Crippen LogP contribution in [0.25, 0.3) is 11.2 Å². The highest BCUT2D eigenvalue weighted by Gasteiger charge is 2.44. The molecule has 3 fully saturated rings. The molecule has 1 aliphatic carbocycles. The molecule has 5 heterocycles. The summed E-state index contributed by atoms with van der Waals surface area (Å²) in [6.45, 7) is 5.01.